The molecule has 2 atom stereocenters. The van der Waals surface area contributed by atoms with Crippen LogP contribution in [0.25, 0.3) is 0 Å². The zero-order valence-electron chi connectivity index (χ0n) is 23.4. The number of carbonyl (C=O) groups excluding carboxylic acids is 2. The van der Waals surface area contributed by atoms with Crippen LogP contribution in [0.15, 0.2) is 83.3 Å². The summed E-state index contributed by atoms with van der Waals surface area (Å²) in [6.07, 6.45) is -0.424. The first-order valence-corrected chi connectivity index (χ1v) is 13.3. The van der Waals surface area contributed by atoms with Gasteiger partial charge in [0.2, 0.25) is 5.78 Å². The van der Waals surface area contributed by atoms with Crippen LogP contribution < -0.4 is 15.4 Å². The predicted molar refractivity (Wildman–Crippen MR) is 155 cm³/mol. The molecule has 1 heterocycles. The van der Waals surface area contributed by atoms with Crippen molar-refractivity contribution in [2.24, 2.45) is 0 Å². The highest BCUT2D eigenvalue weighted by Crippen LogP contribution is 2.20. The molecule has 4 rings (SSSR count). The SMILES string of the molecule is COc1cccc(CNCC(O)C(Cc2ccccc2)NC(=O)c2cc(C)cc(C(=O)c3cc(C)c(C)o3)c2)c1. The number of aliphatic hydroxyl groups is 1. The Hall–Kier alpha value is -4.20. The standard InChI is InChI=1S/C33H36N2O5/c1-21-13-26(32(37)31-15-22(2)23(3)40-31)18-27(14-21)33(38)35-29(17-24-9-6-5-7-10-24)30(36)20-34-19-25-11-8-12-28(16-25)39-4/h5-16,18,29-30,34,36H,17,19-20H2,1-4H3,(H,35,38). The monoisotopic (exact) mass is 540 g/mol. The maximum Gasteiger partial charge on any atom is 0.251 e. The van der Waals surface area contributed by atoms with Crippen molar-refractivity contribution < 1.29 is 23.8 Å². The Morgan fingerprint density at radius 2 is 1.62 bits per heavy atom. The molecule has 4 aromatic rings. The summed E-state index contributed by atoms with van der Waals surface area (Å²) in [6.45, 7) is 6.34. The van der Waals surface area contributed by atoms with Gasteiger partial charge in [-0.25, -0.2) is 0 Å². The van der Waals surface area contributed by atoms with Crippen LogP contribution in [0.3, 0.4) is 0 Å². The number of benzene rings is 3. The summed E-state index contributed by atoms with van der Waals surface area (Å²) in [4.78, 5) is 26.6. The molecular weight excluding hydrogens is 504 g/mol. The number of hydrogen-bond donors (Lipinski definition) is 3. The molecule has 7 nitrogen and oxygen atoms in total. The number of furan rings is 1. The predicted octanol–water partition coefficient (Wildman–Crippen LogP) is 4.94. The van der Waals surface area contributed by atoms with E-state index in [1.165, 1.54) is 0 Å². The second-order valence-corrected chi connectivity index (χ2v) is 10.1. The zero-order chi connectivity index (χ0) is 28.6. The average molecular weight is 541 g/mol. The zero-order valence-corrected chi connectivity index (χ0v) is 23.4. The van der Waals surface area contributed by atoms with Crippen molar-refractivity contribution in [1.29, 1.82) is 0 Å². The van der Waals surface area contributed by atoms with E-state index in [0.717, 1.165) is 28.0 Å². The van der Waals surface area contributed by atoms with Gasteiger partial charge in [-0.3, -0.25) is 9.59 Å². The maximum atomic E-state index is 13.4. The van der Waals surface area contributed by atoms with Gasteiger partial charge < -0.3 is 24.9 Å². The fraction of sp³-hybridized carbons (Fsp3) is 0.273. The molecule has 0 aliphatic heterocycles. The van der Waals surface area contributed by atoms with Gasteiger partial charge in [-0.1, -0.05) is 42.5 Å². The van der Waals surface area contributed by atoms with Crippen LogP contribution in [0.4, 0.5) is 0 Å². The molecule has 40 heavy (non-hydrogen) atoms. The lowest BCUT2D eigenvalue weighted by atomic mass is 9.98. The van der Waals surface area contributed by atoms with Crippen molar-refractivity contribution in [3.05, 3.63) is 124 Å². The second kappa shape index (κ2) is 13.2. The second-order valence-electron chi connectivity index (χ2n) is 10.1. The quantitative estimate of drug-likeness (QED) is 0.220. The Kier molecular flexibility index (Phi) is 9.53. The number of aliphatic hydroxyl groups excluding tert-OH is 1. The third-order valence-corrected chi connectivity index (χ3v) is 6.89. The lowest BCUT2D eigenvalue weighted by molar-refractivity contribution is 0.0830. The Bertz CT molecular complexity index is 1440. The molecule has 1 aromatic heterocycles. The Morgan fingerprint density at radius 3 is 2.33 bits per heavy atom. The Morgan fingerprint density at radius 1 is 0.900 bits per heavy atom. The molecule has 0 aliphatic rings. The molecule has 7 heteroatoms. The number of methoxy groups -OCH3 is 1. The van der Waals surface area contributed by atoms with E-state index in [4.69, 9.17) is 9.15 Å². The van der Waals surface area contributed by atoms with E-state index in [1.54, 1.807) is 31.4 Å². The number of aryl methyl sites for hydroxylation is 3. The Balaban J connectivity index is 1.49. The number of amides is 1. The molecule has 0 saturated heterocycles. The molecule has 0 bridgehead atoms. The largest absolute Gasteiger partial charge is 0.497 e. The van der Waals surface area contributed by atoms with E-state index in [2.05, 4.69) is 10.6 Å². The van der Waals surface area contributed by atoms with Gasteiger partial charge in [0.05, 0.1) is 19.3 Å². The van der Waals surface area contributed by atoms with Crippen LogP contribution in [-0.2, 0) is 13.0 Å². The number of hydrogen-bond acceptors (Lipinski definition) is 6. The number of carbonyl (C=O) groups is 2. The minimum Gasteiger partial charge on any atom is -0.497 e. The number of nitrogens with one attached hydrogen (secondary N) is 2. The molecular formula is C33H36N2O5. The van der Waals surface area contributed by atoms with Crippen molar-refractivity contribution in [1.82, 2.24) is 10.6 Å². The van der Waals surface area contributed by atoms with Crippen LogP contribution in [0.2, 0.25) is 0 Å². The van der Waals surface area contributed by atoms with E-state index in [9.17, 15) is 14.7 Å². The summed E-state index contributed by atoms with van der Waals surface area (Å²) in [5, 5.41) is 17.4. The lowest BCUT2D eigenvalue weighted by Gasteiger charge is -2.25. The van der Waals surface area contributed by atoms with Crippen LogP contribution >= 0.6 is 0 Å². The minimum absolute atomic E-state index is 0.242. The van der Waals surface area contributed by atoms with Gasteiger partial charge in [-0.05, 0) is 85.8 Å². The molecule has 0 radical (unpaired) electrons. The van der Waals surface area contributed by atoms with E-state index in [-0.39, 0.29) is 24.0 Å². The van der Waals surface area contributed by atoms with Gasteiger partial charge in [0.1, 0.15) is 11.5 Å². The van der Waals surface area contributed by atoms with Gasteiger partial charge in [-0.15, -0.1) is 0 Å². The fourth-order valence-corrected chi connectivity index (χ4v) is 4.56. The van der Waals surface area contributed by atoms with E-state index >= 15 is 0 Å². The molecule has 3 aromatic carbocycles. The first kappa shape index (κ1) is 28.8. The van der Waals surface area contributed by atoms with Crippen LogP contribution in [0.5, 0.6) is 5.75 Å². The third-order valence-electron chi connectivity index (χ3n) is 6.89. The molecule has 0 aliphatic carbocycles. The first-order valence-electron chi connectivity index (χ1n) is 13.3. The van der Waals surface area contributed by atoms with Crippen LogP contribution in [0, 0.1) is 20.8 Å². The lowest BCUT2D eigenvalue weighted by Crippen LogP contribution is -2.48. The van der Waals surface area contributed by atoms with Gasteiger partial charge in [0, 0.05) is 24.2 Å². The normalized spacial score (nSPS) is 12.5. The van der Waals surface area contributed by atoms with Crippen molar-refractivity contribution in [3.8, 4) is 5.75 Å². The molecule has 1 amide bonds. The molecule has 0 spiro atoms. The highest BCUT2D eigenvalue weighted by atomic mass is 16.5. The van der Waals surface area contributed by atoms with Crippen LogP contribution in [0.1, 0.15) is 54.5 Å². The van der Waals surface area contributed by atoms with E-state index in [1.807, 2.05) is 75.4 Å². The van der Waals surface area contributed by atoms with Gasteiger partial charge in [-0.2, -0.15) is 0 Å². The maximum absolute atomic E-state index is 13.4. The van der Waals surface area contributed by atoms with E-state index < -0.39 is 12.1 Å². The Labute approximate surface area is 235 Å². The van der Waals surface area contributed by atoms with Crippen molar-refractivity contribution in [2.45, 2.75) is 45.9 Å². The summed E-state index contributed by atoms with van der Waals surface area (Å²) in [7, 11) is 1.62. The first-order chi connectivity index (χ1) is 19.2. The molecule has 208 valence electrons. The van der Waals surface area contributed by atoms with Crippen molar-refractivity contribution in [2.75, 3.05) is 13.7 Å². The summed E-state index contributed by atoms with van der Waals surface area (Å²) >= 11 is 0. The molecule has 2 unspecified atom stereocenters. The molecule has 3 N–H and O–H groups in total. The highest BCUT2D eigenvalue weighted by molar-refractivity contribution is 6.09. The summed E-state index contributed by atoms with van der Waals surface area (Å²) in [5.74, 6) is 1.05. The van der Waals surface area contributed by atoms with Crippen molar-refractivity contribution >= 4 is 11.7 Å². The van der Waals surface area contributed by atoms with Gasteiger partial charge >= 0.3 is 0 Å². The number of ether oxygens (including phenoxy) is 1. The summed E-state index contributed by atoms with van der Waals surface area (Å²) in [6, 6.07) is 23.6. The third kappa shape index (κ3) is 7.46. The summed E-state index contributed by atoms with van der Waals surface area (Å²) < 4.78 is 10.9. The summed E-state index contributed by atoms with van der Waals surface area (Å²) in [5.41, 5.74) is 4.40. The highest BCUT2D eigenvalue weighted by Gasteiger charge is 2.24. The molecule has 0 fully saturated rings. The topological polar surface area (TPSA) is 101 Å². The van der Waals surface area contributed by atoms with E-state index in [0.29, 0.717) is 29.9 Å². The van der Waals surface area contributed by atoms with Crippen molar-refractivity contribution in [3.63, 3.8) is 0 Å². The van der Waals surface area contributed by atoms with Crippen LogP contribution in [-0.4, -0.2) is 42.6 Å². The smallest absolute Gasteiger partial charge is 0.251 e. The fourth-order valence-electron chi connectivity index (χ4n) is 4.56. The number of rotatable bonds is 12. The van der Waals surface area contributed by atoms with Gasteiger partial charge in [0.25, 0.3) is 5.91 Å². The molecule has 0 saturated carbocycles. The van der Waals surface area contributed by atoms with Gasteiger partial charge in [0.15, 0.2) is 5.76 Å². The number of ketones is 1. The average Bonchev–Trinajstić information content (AvgIpc) is 3.30. The minimum atomic E-state index is -0.866.